The van der Waals surface area contributed by atoms with E-state index in [4.69, 9.17) is 23.2 Å². The molecule has 2 aromatic carbocycles. The van der Waals surface area contributed by atoms with Crippen molar-refractivity contribution in [2.24, 2.45) is 0 Å². The average molecular weight is 379 g/mol. The van der Waals surface area contributed by atoms with Crippen LogP contribution in [0.15, 0.2) is 54.6 Å². The molecule has 0 spiro atoms. The zero-order chi connectivity index (χ0) is 18.2. The molecule has 2 N–H and O–H groups in total. The molecule has 0 atom stereocenters. The van der Waals surface area contributed by atoms with Gasteiger partial charge in [0.15, 0.2) is 0 Å². The Bertz CT molecular complexity index is 851. The second-order valence-corrected chi connectivity index (χ2v) is 5.69. The van der Waals surface area contributed by atoms with E-state index in [0.29, 0.717) is 21.2 Å². The number of amides is 2. The normalized spacial score (nSPS) is 11.0. The van der Waals surface area contributed by atoms with E-state index in [0.717, 1.165) is 0 Å². The molecule has 0 saturated heterocycles. The summed E-state index contributed by atoms with van der Waals surface area (Å²) >= 11 is 11.7. The number of nitrogens with one attached hydrogen (secondary N) is 2. The fraction of sp³-hybridized carbons (Fsp3) is 0. The van der Waals surface area contributed by atoms with Gasteiger partial charge < -0.3 is 0 Å². The lowest BCUT2D eigenvalue weighted by atomic mass is 10.2. The summed E-state index contributed by atoms with van der Waals surface area (Å²) in [4.78, 5) is 23.2. The van der Waals surface area contributed by atoms with Gasteiger partial charge in [0.25, 0.3) is 11.8 Å². The van der Waals surface area contributed by atoms with Crippen LogP contribution in [-0.2, 0) is 9.59 Å². The molecule has 0 aliphatic carbocycles. The van der Waals surface area contributed by atoms with Gasteiger partial charge in [0.05, 0.1) is 10.0 Å². The van der Waals surface area contributed by atoms with Crippen molar-refractivity contribution in [2.75, 3.05) is 0 Å². The molecule has 0 saturated carbocycles. The van der Waals surface area contributed by atoms with Crippen molar-refractivity contribution in [2.45, 2.75) is 0 Å². The summed E-state index contributed by atoms with van der Waals surface area (Å²) in [6.45, 7) is 0. The van der Waals surface area contributed by atoms with Crippen LogP contribution in [0.5, 0.6) is 0 Å². The van der Waals surface area contributed by atoms with Crippen LogP contribution in [0.3, 0.4) is 0 Å². The smallest absolute Gasteiger partial charge is 0.262 e. The molecular formula is C18H13Cl2FN2O2. The number of hydrogen-bond acceptors (Lipinski definition) is 2. The van der Waals surface area contributed by atoms with Crippen molar-refractivity contribution >= 4 is 47.2 Å². The third-order valence-corrected chi connectivity index (χ3v) is 3.69. The molecular weight excluding hydrogens is 366 g/mol. The first-order valence-corrected chi connectivity index (χ1v) is 7.86. The van der Waals surface area contributed by atoms with E-state index in [2.05, 4.69) is 10.9 Å². The molecule has 0 fully saturated rings. The third-order valence-electron chi connectivity index (χ3n) is 2.96. The minimum Gasteiger partial charge on any atom is -0.268 e. The topological polar surface area (TPSA) is 58.2 Å². The molecule has 0 radical (unpaired) electrons. The van der Waals surface area contributed by atoms with Gasteiger partial charge in [0, 0.05) is 12.2 Å². The molecule has 2 rings (SSSR count). The van der Waals surface area contributed by atoms with Crippen LogP contribution in [0.25, 0.3) is 12.2 Å². The molecule has 4 nitrogen and oxygen atoms in total. The number of halogens is 3. The van der Waals surface area contributed by atoms with Crippen molar-refractivity contribution < 1.29 is 14.0 Å². The minimum absolute atomic E-state index is 0.375. The summed E-state index contributed by atoms with van der Waals surface area (Å²) in [5.74, 6) is -1.48. The van der Waals surface area contributed by atoms with E-state index >= 15 is 0 Å². The van der Waals surface area contributed by atoms with Crippen LogP contribution < -0.4 is 10.9 Å². The van der Waals surface area contributed by atoms with Crippen molar-refractivity contribution in [3.63, 3.8) is 0 Å². The summed E-state index contributed by atoms with van der Waals surface area (Å²) in [5.41, 5.74) is 5.63. The number of carbonyl (C=O) groups is 2. The number of hydrogen-bond donors (Lipinski definition) is 2. The Morgan fingerprint density at radius 1 is 0.840 bits per heavy atom. The molecule has 0 bridgehead atoms. The van der Waals surface area contributed by atoms with E-state index < -0.39 is 17.6 Å². The lowest BCUT2D eigenvalue weighted by Gasteiger charge is -2.02. The zero-order valence-corrected chi connectivity index (χ0v) is 14.3. The maximum atomic E-state index is 13.0. The van der Waals surface area contributed by atoms with Gasteiger partial charge in [-0.1, -0.05) is 41.4 Å². The van der Waals surface area contributed by atoms with Gasteiger partial charge in [-0.3, -0.25) is 20.4 Å². The van der Waals surface area contributed by atoms with E-state index in [1.807, 2.05) is 0 Å². The lowest BCUT2D eigenvalue weighted by Crippen LogP contribution is -2.39. The van der Waals surface area contributed by atoms with Gasteiger partial charge in [-0.05, 0) is 47.5 Å². The summed E-state index contributed by atoms with van der Waals surface area (Å²) in [7, 11) is 0. The Kier molecular flexibility index (Phi) is 6.74. The first kappa shape index (κ1) is 18.7. The molecule has 0 aliphatic heterocycles. The lowest BCUT2D eigenvalue weighted by molar-refractivity contribution is -0.123. The maximum Gasteiger partial charge on any atom is 0.262 e. The highest BCUT2D eigenvalue weighted by molar-refractivity contribution is 6.42. The van der Waals surface area contributed by atoms with Crippen LogP contribution in [0.1, 0.15) is 11.1 Å². The molecule has 0 aliphatic rings. The van der Waals surface area contributed by atoms with Crippen molar-refractivity contribution in [3.8, 4) is 0 Å². The SMILES string of the molecule is O=C(/C=C/c1cccc(F)c1)NNC(=O)/C=C/c1ccc(Cl)c(Cl)c1. The van der Waals surface area contributed by atoms with E-state index in [1.54, 1.807) is 24.3 Å². The van der Waals surface area contributed by atoms with Crippen LogP contribution >= 0.6 is 23.2 Å². The number of carbonyl (C=O) groups excluding carboxylic acids is 2. The number of hydrazine groups is 1. The van der Waals surface area contributed by atoms with E-state index in [1.165, 1.54) is 42.5 Å². The van der Waals surface area contributed by atoms with Crippen LogP contribution in [0.4, 0.5) is 4.39 Å². The van der Waals surface area contributed by atoms with Gasteiger partial charge in [0.2, 0.25) is 0 Å². The highest BCUT2D eigenvalue weighted by Gasteiger charge is 2.00. The third kappa shape index (κ3) is 6.41. The Balaban J connectivity index is 1.83. The summed E-state index contributed by atoms with van der Waals surface area (Å²) in [5, 5.41) is 0.792. The van der Waals surface area contributed by atoms with E-state index in [-0.39, 0.29) is 0 Å². The number of benzene rings is 2. The fourth-order valence-electron chi connectivity index (χ4n) is 1.78. The molecule has 25 heavy (non-hydrogen) atoms. The van der Waals surface area contributed by atoms with Crippen LogP contribution in [0.2, 0.25) is 10.0 Å². The average Bonchev–Trinajstić information content (AvgIpc) is 2.59. The predicted molar refractivity (Wildman–Crippen MR) is 97.2 cm³/mol. The highest BCUT2D eigenvalue weighted by atomic mass is 35.5. The second-order valence-electron chi connectivity index (χ2n) is 4.87. The number of rotatable bonds is 4. The van der Waals surface area contributed by atoms with Crippen LogP contribution in [0, 0.1) is 5.82 Å². The fourth-order valence-corrected chi connectivity index (χ4v) is 2.08. The summed E-state index contributed by atoms with van der Waals surface area (Å²) in [6.07, 6.45) is 5.36. The van der Waals surface area contributed by atoms with Crippen molar-refractivity contribution in [1.82, 2.24) is 10.9 Å². The predicted octanol–water partition coefficient (Wildman–Crippen LogP) is 4.01. The molecule has 0 aromatic heterocycles. The first-order valence-electron chi connectivity index (χ1n) is 7.11. The van der Waals surface area contributed by atoms with Gasteiger partial charge in [-0.25, -0.2) is 4.39 Å². The largest absolute Gasteiger partial charge is 0.268 e. The Morgan fingerprint density at radius 2 is 1.44 bits per heavy atom. The molecule has 0 heterocycles. The standard InChI is InChI=1S/C18H13Cl2FN2O2/c19-15-7-4-13(11-16(15)20)6-9-18(25)23-22-17(24)8-5-12-2-1-3-14(21)10-12/h1-11H,(H,22,24)(H,23,25)/b8-5+,9-6+. The summed E-state index contributed by atoms with van der Waals surface area (Å²) in [6, 6.07) is 10.7. The van der Waals surface area contributed by atoms with Gasteiger partial charge in [0.1, 0.15) is 5.82 Å². The molecule has 128 valence electrons. The molecule has 2 amide bonds. The van der Waals surface area contributed by atoms with Gasteiger partial charge in [-0.15, -0.1) is 0 Å². The summed E-state index contributed by atoms with van der Waals surface area (Å²) < 4.78 is 13.0. The molecule has 7 heteroatoms. The van der Waals surface area contributed by atoms with Crippen molar-refractivity contribution in [3.05, 3.63) is 81.6 Å². The van der Waals surface area contributed by atoms with Crippen LogP contribution in [-0.4, -0.2) is 11.8 Å². The minimum atomic E-state index is -0.555. The Morgan fingerprint density at radius 3 is 2.00 bits per heavy atom. The Hall–Kier alpha value is -2.63. The maximum absolute atomic E-state index is 13.0. The second kappa shape index (κ2) is 9.01. The zero-order valence-electron chi connectivity index (χ0n) is 12.8. The Labute approximate surface area is 153 Å². The monoisotopic (exact) mass is 378 g/mol. The van der Waals surface area contributed by atoms with E-state index in [9.17, 15) is 14.0 Å². The molecule has 2 aromatic rings. The van der Waals surface area contributed by atoms with Gasteiger partial charge in [-0.2, -0.15) is 0 Å². The van der Waals surface area contributed by atoms with Crippen molar-refractivity contribution in [1.29, 1.82) is 0 Å². The van der Waals surface area contributed by atoms with Gasteiger partial charge >= 0.3 is 0 Å². The molecule has 0 unspecified atom stereocenters. The highest BCUT2D eigenvalue weighted by Crippen LogP contribution is 2.23. The first-order chi connectivity index (χ1) is 11.9. The quantitative estimate of drug-likeness (QED) is 0.623.